The van der Waals surface area contributed by atoms with Gasteiger partial charge in [-0.25, -0.2) is 0 Å². The van der Waals surface area contributed by atoms with Crippen molar-refractivity contribution in [2.24, 2.45) is 0 Å². The molecule has 1 saturated heterocycles. The Labute approximate surface area is 189 Å². The van der Waals surface area contributed by atoms with Crippen LogP contribution in [0.5, 0.6) is 0 Å². The Morgan fingerprint density at radius 2 is 1.62 bits per heavy atom. The van der Waals surface area contributed by atoms with Gasteiger partial charge in [0.05, 0.1) is 0 Å². The Bertz CT molecular complexity index is 1120. The van der Waals surface area contributed by atoms with Crippen LogP contribution in [-0.2, 0) is 6.42 Å². The largest absolute Gasteiger partial charge is 0.460 e. The van der Waals surface area contributed by atoms with E-state index >= 15 is 0 Å². The number of furan rings is 1. The molecule has 2 fully saturated rings. The van der Waals surface area contributed by atoms with Crippen molar-refractivity contribution in [3.8, 4) is 22.5 Å². The number of aryl methyl sites for hydroxylation is 1. The molecule has 1 saturated carbocycles. The summed E-state index contributed by atoms with van der Waals surface area (Å²) >= 11 is 0. The second kappa shape index (κ2) is 8.32. The van der Waals surface area contributed by atoms with E-state index < -0.39 is 0 Å². The molecule has 164 valence electrons. The first-order chi connectivity index (χ1) is 15.8. The van der Waals surface area contributed by atoms with Crippen molar-refractivity contribution in [1.82, 2.24) is 9.88 Å². The predicted octanol–water partition coefficient (Wildman–Crippen LogP) is 6.26. The number of Topliss-reactive ketones (excluding diaryl/α,β-unsaturated/α-hetero) is 1. The van der Waals surface area contributed by atoms with E-state index in [4.69, 9.17) is 4.42 Å². The van der Waals surface area contributed by atoms with Crippen LogP contribution in [0.1, 0.15) is 72.5 Å². The number of fused-ring (bicyclic) bond motifs is 1. The second-order valence-corrected chi connectivity index (χ2v) is 9.67. The van der Waals surface area contributed by atoms with Gasteiger partial charge in [0.2, 0.25) is 0 Å². The molecule has 3 heterocycles. The SMILES string of the molecule is O=C1CCc2cc(-c3cc(C4CCN(C5CCCC5)CC4)oc3-c3ccncc3)ccc21. The lowest BCUT2D eigenvalue weighted by Gasteiger charge is -2.35. The van der Waals surface area contributed by atoms with Gasteiger partial charge in [0.1, 0.15) is 11.5 Å². The van der Waals surface area contributed by atoms with Crippen molar-refractivity contribution < 1.29 is 9.21 Å². The van der Waals surface area contributed by atoms with E-state index in [2.05, 4.69) is 28.1 Å². The summed E-state index contributed by atoms with van der Waals surface area (Å²) in [7, 11) is 0. The van der Waals surface area contributed by atoms with Crippen LogP contribution in [0.25, 0.3) is 22.5 Å². The van der Waals surface area contributed by atoms with E-state index in [0.717, 1.165) is 59.1 Å². The molecule has 1 aliphatic heterocycles. The number of pyridine rings is 1. The summed E-state index contributed by atoms with van der Waals surface area (Å²) < 4.78 is 6.58. The molecule has 4 heteroatoms. The van der Waals surface area contributed by atoms with Gasteiger partial charge in [-0.1, -0.05) is 31.0 Å². The Kier molecular flexibility index (Phi) is 5.18. The van der Waals surface area contributed by atoms with Crippen LogP contribution in [0, 0.1) is 0 Å². The normalized spacial score (nSPS) is 20.2. The van der Waals surface area contributed by atoms with Crippen molar-refractivity contribution in [3.63, 3.8) is 0 Å². The van der Waals surface area contributed by atoms with E-state index in [1.165, 1.54) is 44.3 Å². The highest BCUT2D eigenvalue weighted by atomic mass is 16.3. The molecule has 6 rings (SSSR count). The first kappa shape index (κ1) is 19.9. The molecule has 3 aromatic rings. The Balaban J connectivity index is 1.32. The number of aromatic nitrogens is 1. The number of carbonyl (C=O) groups is 1. The highest BCUT2D eigenvalue weighted by Gasteiger charge is 2.30. The van der Waals surface area contributed by atoms with Gasteiger partial charge in [-0.3, -0.25) is 9.78 Å². The first-order valence-electron chi connectivity index (χ1n) is 12.2. The molecule has 0 spiro atoms. The zero-order valence-electron chi connectivity index (χ0n) is 18.6. The van der Waals surface area contributed by atoms with E-state index in [0.29, 0.717) is 12.3 Å². The average molecular weight is 427 g/mol. The Morgan fingerprint density at radius 3 is 2.41 bits per heavy atom. The maximum Gasteiger partial charge on any atom is 0.163 e. The van der Waals surface area contributed by atoms with Crippen LogP contribution in [-0.4, -0.2) is 34.8 Å². The van der Waals surface area contributed by atoms with Crippen LogP contribution >= 0.6 is 0 Å². The smallest absolute Gasteiger partial charge is 0.163 e. The summed E-state index contributed by atoms with van der Waals surface area (Å²) in [4.78, 5) is 19.0. The maximum atomic E-state index is 12.1. The summed E-state index contributed by atoms with van der Waals surface area (Å²) in [5.41, 5.74) is 5.39. The number of likely N-dealkylation sites (tertiary alicyclic amines) is 1. The average Bonchev–Trinajstić information content (AvgIpc) is 3.60. The molecule has 4 nitrogen and oxygen atoms in total. The summed E-state index contributed by atoms with van der Waals surface area (Å²) in [5, 5.41) is 0. The van der Waals surface area contributed by atoms with Crippen molar-refractivity contribution in [1.29, 1.82) is 0 Å². The number of carbonyl (C=O) groups excluding carboxylic acids is 1. The molecule has 2 aromatic heterocycles. The molecule has 0 unspecified atom stereocenters. The van der Waals surface area contributed by atoms with Gasteiger partial charge in [0.15, 0.2) is 5.78 Å². The van der Waals surface area contributed by atoms with E-state index in [1.54, 1.807) is 0 Å². The molecule has 0 radical (unpaired) electrons. The minimum absolute atomic E-state index is 0.266. The molecular weight excluding hydrogens is 396 g/mol. The minimum Gasteiger partial charge on any atom is -0.460 e. The topological polar surface area (TPSA) is 46.3 Å². The van der Waals surface area contributed by atoms with Gasteiger partial charge >= 0.3 is 0 Å². The summed E-state index contributed by atoms with van der Waals surface area (Å²) in [5.74, 6) is 2.76. The van der Waals surface area contributed by atoms with Gasteiger partial charge in [-0.05, 0) is 74.5 Å². The van der Waals surface area contributed by atoms with Gasteiger partial charge in [-0.2, -0.15) is 0 Å². The van der Waals surface area contributed by atoms with Crippen molar-refractivity contribution in [2.45, 2.75) is 63.3 Å². The lowest BCUT2D eigenvalue weighted by Crippen LogP contribution is -2.39. The number of hydrogen-bond donors (Lipinski definition) is 0. The lowest BCUT2D eigenvalue weighted by atomic mass is 9.92. The van der Waals surface area contributed by atoms with Crippen molar-refractivity contribution in [2.75, 3.05) is 13.1 Å². The highest BCUT2D eigenvalue weighted by Crippen LogP contribution is 2.41. The standard InChI is InChI=1S/C28H30N2O2/c31-26-8-6-21-17-22(5-7-24(21)26)25-18-27(32-28(25)20-9-13-29-14-10-20)19-11-15-30(16-12-19)23-3-1-2-4-23/h5,7,9-10,13-14,17-19,23H,1-4,6,8,11-12,15-16H2. The Hall–Kier alpha value is -2.72. The lowest BCUT2D eigenvalue weighted by molar-refractivity contribution is 0.0994. The van der Waals surface area contributed by atoms with Crippen LogP contribution in [0.2, 0.25) is 0 Å². The van der Waals surface area contributed by atoms with Crippen LogP contribution in [0.3, 0.4) is 0 Å². The number of piperidine rings is 1. The summed E-state index contributed by atoms with van der Waals surface area (Å²) in [6, 6.07) is 13.4. The number of nitrogens with zero attached hydrogens (tertiary/aromatic N) is 2. The molecule has 0 N–H and O–H groups in total. The van der Waals surface area contributed by atoms with Gasteiger partial charge in [0.25, 0.3) is 0 Å². The highest BCUT2D eigenvalue weighted by molar-refractivity contribution is 6.01. The van der Waals surface area contributed by atoms with Crippen LogP contribution in [0.15, 0.2) is 53.2 Å². The van der Waals surface area contributed by atoms with Crippen molar-refractivity contribution in [3.05, 3.63) is 65.7 Å². The van der Waals surface area contributed by atoms with Crippen molar-refractivity contribution >= 4 is 5.78 Å². The molecule has 3 aliphatic rings. The number of benzene rings is 1. The monoisotopic (exact) mass is 426 g/mol. The molecule has 32 heavy (non-hydrogen) atoms. The zero-order chi connectivity index (χ0) is 21.5. The number of ketones is 1. The molecule has 0 amide bonds. The predicted molar refractivity (Wildman–Crippen MR) is 126 cm³/mol. The third-order valence-corrected chi connectivity index (χ3v) is 7.80. The molecule has 1 aromatic carbocycles. The van der Waals surface area contributed by atoms with E-state index in [-0.39, 0.29) is 5.78 Å². The van der Waals surface area contributed by atoms with Gasteiger partial charge in [-0.15, -0.1) is 0 Å². The van der Waals surface area contributed by atoms with Gasteiger partial charge in [0, 0.05) is 47.5 Å². The molecule has 0 atom stereocenters. The third-order valence-electron chi connectivity index (χ3n) is 7.80. The number of hydrogen-bond acceptors (Lipinski definition) is 4. The second-order valence-electron chi connectivity index (χ2n) is 9.67. The fraction of sp³-hybridized carbons (Fsp3) is 0.429. The third kappa shape index (κ3) is 3.61. The summed E-state index contributed by atoms with van der Waals surface area (Å²) in [6.45, 7) is 2.35. The quantitative estimate of drug-likeness (QED) is 0.494. The summed E-state index contributed by atoms with van der Waals surface area (Å²) in [6.07, 6.45) is 13.0. The van der Waals surface area contributed by atoms with E-state index in [9.17, 15) is 4.79 Å². The van der Waals surface area contributed by atoms with Gasteiger partial charge < -0.3 is 9.32 Å². The molecular formula is C28H30N2O2. The molecule has 0 bridgehead atoms. The van der Waals surface area contributed by atoms with Crippen LogP contribution < -0.4 is 0 Å². The van der Waals surface area contributed by atoms with E-state index in [1.807, 2.05) is 30.6 Å². The Morgan fingerprint density at radius 1 is 0.844 bits per heavy atom. The maximum absolute atomic E-state index is 12.1. The minimum atomic E-state index is 0.266. The zero-order valence-corrected chi connectivity index (χ0v) is 18.6. The number of rotatable bonds is 4. The van der Waals surface area contributed by atoms with Crippen LogP contribution in [0.4, 0.5) is 0 Å². The fourth-order valence-corrected chi connectivity index (χ4v) is 5.98. The first-order valence-corrected chi connectivity index (χ1v) is 12.2. The molecule has 2 aliphatic carbocycles. The fourth-order valence-electron chi connectivity index (χ4n) is 5.98.